The zero-order chi connectivity index (χ0) is 17.6. The van der Waals surface area contributed by atoms with Gasteiger partial charge in [-0.25, -0.2) is 9.97 Å². The number of carbonyl (C=O) groups is 1. The first-order chi connectivity index (χ1) is 12.1. The Hall–Kier alpha value is -1.89. The number of anilines is 1. The third kappa shape index (κ3) is 5.04. The predicted molar refractivity (Wildman–Crippen MR) is 99.0 cm³/mol. The number of aromatic nitrogens is 2. The van der Waals surface area contributed by atoms with Crippen molar-refractivity contribution in [2.24, 2.45) is 0 Å². The van der Waals surface area contributed by atoms with Crippen LogP contribution < -0.4 is 10.2 Å². The third-order valence-electron chi connectivity index (χ3n) is 4.07. The number of nitrogens with one attached hydrogen (secondary N) is 1. The van der Waals surface area contributed by atoms with E-state index in [1.54, 1.807) is 30.6 Å². The minimum absolute atomic E-state index is 0.0181. The van der Waals surface area contributed by atoms with Crippen LogP contribution in [0.4, 0.5) is 5.95 Å². The van der Waals surface area contributed by atoms with Crippen molar-refractivity contribution in [3.8, 4) is 0 Å². The average molecular weight is 380 g/mol. The molecule has 1 aromatic carbocycles. The summed E-state index contributed by atoms with van der Waals surface area (Å²) in [5.74, 6) is 0.722. The van der Waals surface area contributed by atoms with Gasteiger partial charge in [0.15, 0.2) is 0 Å². The Bertz CT molecular complexity index is 720. The van der Waals surface area contributed by atoms with Gasteiger partial charge >= 0.3 is 0 Å². The summed E-state index contributed by atoms with van der Waals surface area (Å²) in [6.07, 6.45) is 3.48. The molecule has 1 aliphatic heterocycles. The molecule has 1 aliphatic rings. The van der Waals surface area contributed by atoms with Crippen LogP contribution in [-0.4, -0.2) is 53.5 Å². The molecule has 0 unspecified atom stereocenters. The molecule has 0 aliphatic carbocycles. The molecule has 0 atom stereocenters. The third-order valence-corrected chi connectivity index (χ3v) is 4.65. The van der Waals surface area contributed by atoms with Crippen LogP contribution in [0.15, 0.2) is 36.7 Å². The molecule has 6 nitrogen and oxygen atoms in total. The number of halogens is 2. The Morgan fingerprint density at radius 2 is 1.84 bits per heavy atom. The van der Waals surface area contributed by atoms with Gasteiger partial charge in [-0.2, -0.15) is 0 Å². The van der Waals surface area contributed by atoms with E-state index in [2.05, 4.69) is 25.1 Å². The van der Waals surface area contributed by atoms with Crippen molar-refractivity contribution >= 4 is 35.1 Å². The van der Waals surface area contributed by atoms with Gasteiger partial charge in [-0.15, -0.1) is 0 Å². The number of carbonyl (C=O) groups excluding carboxylic acids is 1. The monoisotopic (exact) mass is 379 g/mol. The summed E-state index contributed by atoms with van der Waals surface area (Å²) in [6, 6.07) is 7.07. The minimum atomic E-state index is -0.0181. The normalized spacial score (nSPS) is 15.2. The van der Waals surface area contributed by atoms with Crippen molar-refractivity contribution in [1.82, 2.24) is 20.2 Å². The molecular weight excluding hydrogens is 361 g/mol. The van der Waals surface area contributed by atoms with E-state index in [0.29, 0.717) is 23.1 Å². The minimum Gasteiger partial charge on any atom is -0.351 e. The summed E-state index contributed by atoms with van der Waals surface area (Å²) in [6.45, 7) is 3.97. The number of hydrogen-bond acceptors (Lipinski definition) is 5. The number of rotatable bonds is 5. The van der Waals surface area contributed by atoms with Crippen LogP contribution >= 0.6 is 23.2 Å². The first kappa shape index (κ1) is 17.9. The molecule has 1 saturated heterocycles. The number of nitrogens with zero attached hydrogens (tertiary/aromatic N) is 4. The highest BCUT2D eigenvalue weighted by Crippen LogP contribution is 2.20. The van der Waals surface area contributed by atoms with Crippen LogP contribution in [0.3, 0.4) is 0 Å². The van der Waals surface area contributed by atoms with Gasteiger partial charge in [-0.05, 0) is 23.8 Å². The van der Waals surface area contributed by atoms with Crippen LogP contribution in [0.25, 0.3) is 0 Å². The lowest BCUT2D eigenvalue weighted by molar-refractivity contribution is -0.122. The van der Waals surface area contributed by atoms with Gasteiger partial charge in [-0.1, -0.05) is 29.3 Å². The molecule has 2 heterocycles. The molecule has 1 fully saturated rings. The Kier molecular flexibility index (Phi) is 6.07. The van der Waals surface area contributed by atoms with Crippen molar-refractivity contribution in [3.63, 3.8) is 0 Å². The van der Waals surface area contributed by atoms with Crippen molar-refractivity contribution in [3.05, 3.63) is 52.3 Å². The van der Waals surface area contributed by atoms with E-state index in [1.807, 2.05) is 6.07 Å². The van der Waals surface area contributed by atoms with E-state index in [1.165, 1.54) is 0 Å². The molecule has 1 aromatic heterocycles. The Morgan fingerprint density at radius 1 is 1.12 bits per heavy atom. The SMILES string of the molecule is O=C(CN1CCN(c2ncccn2)CC1)NCc1ccc(Cl)cc1Cl. The maximum Gasteiger partial charge on any atom is 0.234 e. The van der Waals surface area contributed by atoms with E-state index in [4.69, 9.17) is 23.2 Å². The van der Waals surface area contributed by atoms with Gasteiger partial charge in [0.05, 0.1) is 6.54 Å². The molecule has 3 rings (SSSR count). The molecule has 0 spiro atoms. The van der Waals surface area contributed by atoms with E-state index in [-0.39, 0.29) is 5.91 Å². The molecule has 25 heavy (non-hydrogen) atoms. The maximum absolute atomic E-state index is 12.2. The summed E-state index contributed by atoms with van der Waals surface area (Å²) >= 11 is 12.0. The molecule has 1 N–H and O–H groups in total. The van der Waals surface area contributed by atoms with Crippen LogP contribution in [0.2, 0.25) is 10.0 Å². The van der Waals surface area contributed by atoms with Gasteiger partial charge in [0.2, 0.25) is 11.9 Å². The lowest BCUT2D eigenvalue weighted by atomic mass is 10.2. The lowest BCUT2D eigenvalue weighted by Crippen LogP contribution is -2.49. The van der Waals surface area contributed by atoms with Gasteiger partial charge in [0, 0.05) is 55.2 Å². The molecule has 1 amide bonds. The highest BCUT2D eigenvalue weighted by Gasteiger charge is 2.20. The lowest BCUT2D eigenvalue weighted by Gasteiger charge is -2.34. The van der Waals surface area contributed by atoms with Gasteiger partial charge in [-0.3, -0.25) is 9.69 Å². The Balaban J connectivity index is 1.43. The molecule has 0 saturated carbocycles. The van der Waals surface area contributed by atoms with Gasteiger partial charge in [0.1, 0.15) is 0 Å². The number of amides is 1. The standard InChI is InChI=1S/C17H19Cl2N5O/c18-14-3-2-13(15(19)10-14)11-22-16(25)12-23-6-8-24(9-7-23)17-20-4-1-5-21-17/h1-5,10H,6-9,11-12H2,(H,22,25). The van der Waals surface area contributed by atoms with Crippen LogP contribution in [0.1, 0.15) is 5.56 Å². The fourth-order valence-electron chi connectivity index (χ4n) is 2.68. The van der Waals surface area contributed by atoms with E-state index >= 15 is 0 Å². The zero-order valence-electron chi connectivity index (χ0n) is 13.7. The summed E-state index contributed by atoms with van der Waals surface area (Å²) in [7, 11) is 0. The fourth-order valence-corrected chi connectivity index (χ4v) is 3.15. The number of piperazine rings is 1. The Labute approximate surface area is 156 Å². The first-order valence-corrected chi connectivity index (χ1v) is 8.82. The van der Waals surface area contributed by atoms with Crippen molar-refractivity contribution in [1.29, 1.82) is 0 Å². The second-order valence-electron chi connectivity index (χ2n) is 5.82. The average Bonchev–Trinajstić information content (AvgIpc) is 2.62. The second-order valence-corrected chi connectivity index (χ2v) is 6.67. The second kappa shape index (κ2) is 8.47. The zero-order valence-corrected chi connectivity index (χ0v) is 15.2. The van der Waals surface area contributed by atoms with Crippen molar-refractivity contribution < 1.29 is 4.79 Å². The van der Waals surface area contributed by atoms with Crippen molar-refractivity contribution in [2.75, 3.05) is 37.6 Å². The van der Waals surface area contributed by atoms with Gasteiger partial charge in [0.25, 0.3) is 0 Å². The van der Waals surface area contributed by atoms with Crippen LogP contribution in [0.5, 0.6) is 0 Å². The summed E-state index contributed by atoms with van der Waals surface area (Å²) in [4.78, 5) is 24.9. The largest absolute Gasteiger partial charge is 0.351 e. The van der Waals surface area contributed by atoms with Crippen LogP contribution in [0, 0.1) is 0 Å². The quantitative estimate of drug-likeness (QED) is 0.862. The van der Waals surface area contributed by atoms with E-state index in [9.17, 15) is 4.79 Å². The highest BCUT2D eigenvalue weighted by atomic mass is 35.5. The molecule has 2 aromatic rings. The van der Waals surface area contributed by atoms with E-state index < -0.39 is 0 Å². The smallest absolute Gasteiger partial charge is 0.234 e. The molecule has 132 valence electrons. The molecular formula is C17H19Cl2N5O. The summed E-state index contributed by atoms with van der Waals surface area (Å²) in [5, 5.41) is 4.05. The number of hydrogen-bond donors (Lipinski definition) is 1. The number of benzene rings is 1. The molecule has 0 radical (unpaired) electrons. The van der Waals surface area contributed by atoms with Crippen molar-refractivity contribution in [2.45, 2.75) is 6.54 Å². The Morgan fingerprint density at radius 3 is 2.52 bits per heavy atom. The molecule has 8 heteroatoms. The summed E-state index contributed by atoms with van der Waals surface area (Å²) in [5.41, 5.74) is 0.852. The first-order valence-electron chi connectivity index (χ1n) is 8.07. The topological polar surface area (TPSA) is 61.4 Å². The summed E-state index contributed by atoms with van der Waals surface area (Å²) < 4.78 is 0. The van der Waals surface area contributed by atoms with E-state index in [0.717, 1.165) is 37.7 Å². The predicted octanol–water partition coefficient (Wildman–Crippen LogP) is 2.22. The maximum atomic E-state index is 12.2. The highest BCUT2D eigenvalue weighted by molar-refractivity contribution is 6.35. The van der Waals surface area contributed by atoms with Gasteiger partial charge < -0.3 is 10.2 Å². The van der Waals surface area contributed by atoms with Crippen LogP contribution in [-0.2, 0) is 11.3 Å². The molecule has 0 bridgehead atoms. The fraction of sp³-hybridized carbons (Fsp3) is 0.353.